The maximum absolute atomic E-state index is 12.1. The van der Waals surface area contributed by atoms with Crippen LogP contribution >= 0.6 is 15.9 Å². The maximum atomic E-state index is 12.1. The van der Waals surface area contributed by atoms with Gasteiger partial charge in [0.05, 0.1) is 10.5 Å². The second-order valence-corrected chi connectivity index (χ2v) is 5.27. The summed E-state index contributed by atoms with van der Waals surface area (Å²) in [7, 11) is 0. The van der Waals surface area contributed by atoms with Gasteiger partial charge in [0.2, 0.25) is 0 Å². The lowest BCUT2D eigenvalue weighted by molar-refractivity contribution is -0.384. The van der Waals surface area contributed by atoms with E-state index in [2.05, 4.69) is 26.2 Å². The minimum absolute atomic E-state index is 0.125. The summed E-state index contributed by atoms with van der Waals surface area (Å²) in [6, 6.07) is 7.79. The van der Waals surface area contributed by atoms with Crippen molar-refractivity contribution >= 4 is 27.5 Å². The smallest absolute Gasteiger partial charge is 0.270 e. The van der Waals surface area contributed by atoms with E-state index in [-0.39, 0.29) is 17.2 Å². The van der Waals surface area contributed by atoms with Crippen LogP contribution in [0.15, 0.2) is 41.0 Å². The van der Waals surface area contributed by atoms with Crippen LogP contribution in [0.2, 0.25) is 0 Å². The van der Waals surface area contributed by atoms with Gasteiger partial charge in [0, 0.05) is 35.0 Å². The van der Waals surface area contributed by atoms with Crippen LogP contribution in [-0.4, -0.2) is 15.8 Å². The summed E-state index contributed by atoms with van der Waals surface area (Å²) in [4.78, 5) is 26.4. The number of aromatic nitrogens is 1. The topological polar surface area (TPSA) is 85.1 Å². The largest absolute Gasteiger partial charge is 0.348 e. The molecule has 0 aliphatic heterocycles. The number of nitrogens with one attached hydrogen (secondary N) is 1. The molecule has 1 aromatic carbocycles. The van der Waals surface area contributed by atoms with Crippen molar-refractivity contribution < 1.29 is 9.72 Å². The van der Waals surface area contributed by atoms with Crippen molar-refractivity contribution in [3.63, 3.8) is 0 Å². The van der Waals surface area contributed by atoms with E-state index in [0.717, 1.165) is 11.3 Å². The fraction of sp³-hybridized carbons (Fsp3) is 0.143. The van der Waals surface area contributed by atoms with E-state index < -0.39 is 4.92 Å². The van der Waals surface area contributed by atoms with Gasteiger partial charge in [-0.15, -0.1) is 0 Å². The first-order valence-electron chi connectivity index (χ1n) is 6.11. The van der Waals surface area contributed by atoms with Crippen molar-refractivity contribution in [2.75, 3.05) is 0 Å². The molecule has 6 nitrogen and oxygen atoms in total. The molecule has 108 valence electrons. The number of nitrogens with zero attached hydrogens (tertiary/aromatic N) is 2. The molecule has 1 N–H and O–H groups in total. The van der Waals surface area contributed by atoms with Gasteiger partial charge in [0.1, 0.15) is 0 Å². The third kappa shape index (κ3) is 3.85. The Kier molecular flexibility index (Phi) is 4.64. The summed E-state index contributed by atoms with van der Waals surface area (Å²) in [5.74, 6) is -0.383. The van der Waals surface area contributed by atoms with Gasteiger partial charge < -0.3 is 5.32 Å². The maximum Gasteiger partial charge on any atom is 0.270 e. The van der Waals surface area contributed by atoms with Crippen LogP contribution in [0.25, 0.3) is 0 Å². The zero-order valence-corrected chi connectivity index (χ0v) is 12.8. The molecule has 0 saturated heterocycles. The van der Waals surface area contributed by atoms with Gasteiger partial charge in [-0.3, -0.25) is 19.9 Å². The van der Waals surface area contributed by atoms with Crippen LogP contribution in [0.1, 0.15) is 21.6 Å². The van der Waals surface area contributed by atoms with Crippen molar-refractivity contribution in [1.29, 1.82) is 0 Å². The highest BCUT2D eigenvalue weighted by Crippen LogP contribution is 2.22. The summed E-state index contributed by atoms with van der Waals surface area (Å²) >= 11 is 3.22. The van der Waals surface area contributed by atoms with Gasteiger partial charge in [-0.1, -0.05) is 6.07 Å². The number of amides is 1. The molecule has 0 atom stereocenters. The Hall–Kier alpha value is -2.28. The number of benzene rings is 1. The van der Waals surface area contributed by atoms with Gasteiger partial charge in [-0.05, 0) is 40.5 Å². The molecule has 0 unspecified atom stereocenters. The third-order valence-corrected chi connectivity index (χ3v) is 3.52. The molecule has 0 radical (unpaired) electrons. The highest BCUT2D eigenvalue weighted by molar-refractivity contribution is 9.10. The summed E-state index contributed by atoms with van der Waals surface area (Å²) in [5.41, 5.74) is 1.85. The van der Waals surface area contributed by atoms with E-state index in [1.54, 1.807) is 6.20 Å². The van der Waals surface area contributed by atoms with Crippen LogP contribution in [0.3, 0.4) is 0 Å². The average Bonchev–Trinajstić information content (AvgIpc) is 2.46. The molecule has 0 spiro atoms. The lowest BCUT2D eigenvalue weighted by Gasteiger charge is -2.07. The molecular weight excluding hydrogens is 338 g/mol. The van der Waals surface area contributed by atoms with Crippen molar-refractivity contribution in [1.82, 2.24) is 10.3 Å². The Morgan fingerprint density at radius 2 is 2.14 bits per heavy atom. The molecule has 7 heteroatoms. The summed E-state index contributed by atoms with van der Waals surface area (Å²) < 4.78 is 0.507. The summed E-state index contributed by atoms with van der Waals surface area (Å²) in [5, 5.41) is 13.5. The van der Waals surface area contributed by atoms with Gasteiger partial charge in [0.15, 0.2) is 0 Å². The molecule has 1 heterocycles. The first-order chi connectivity index (χ1) is 9.97. The van der Waals surface area contributed by atoms with Crippen LogP contribution in [0, 0.1) is 17.0 Å². The lowest BCUT2D eigenvalue weighted by Crippen LogP contribution is -2.23. The van der Waals surface area contributed by atoms with Crippen molar-refractivity contribution in [3.05, 3.63) is 67.9 Å². The fourth-order valence-electron chi connectivity index (χ4n) is 1.68. The van der Waals surface area contributed by atoms with E-state index in [4.69, 9.17) is 0 Å². The minimum atomic E-state index is -0.535. The molecule has 2 aromatic rings. The second kappa shape index (κ2) is 6.45. The molecule has 21 heavy (non-hydrogen) atoms. The molecule has 0 saturated carbocycles. The normalized spacial score (nSPS) is 10.2. The number of carbonyl (C=O) groups excluding carboxylic acids is 1. The van der Waals surface area contributed by atoms with Crippen molar-refractivity contribution in [2.45, 2.75) is 13.5 Å². The van der Waals surface area contributed by atoms with E-state index in [1.165, 1.54) is 18.2 Å². The lowest BCUT2D eigenvalue weighted by atomic mass is 10.2. The van der Waals surface area contributed by atoms with Crippen LogP contribution in [0.5, 0.6) is 0 Å². The first-order valence-corrected chi connectivity index (χ1v) is 6.90. The SMILES string of the molecule is Cc1ccc(CNC(=O)c2cc([N+](=O)[O-])ccc2Br)cn1. The highest BCUT2D eigenvalue weighted by Gasteiger charge is 2.15. The predicted molar refractivity (Wildman–Crippen MR) is 80.9 cm³/mol. The first kappa shape index (κ1) is 15.1. The predicted octanol–water partition coefficient (Wildman–Crippen LogP) is 2.99. The quantitative estimate of drug-likeness (QED) is 0.679. The molecular formula is C14H12BrN3O3. The molecule has 1 aromatic heterocycles. The Morgan fingerprint density at radius 3 is 2.76 bits per heavy atom. The number of non-ortho nitro benzene ring substituents is 1. The zero-order valence-electron chi connectivity index (χ0n) is 11.2. The third-order valence-electron chi connectivity index (χ3n) is 2.83. The van der Waals surface area contributed by atoms with Gasteiger partial charge in [0.25, 0.3) is 11.6 Å². The number of halogens is 1. The number of hydrogen-bond donors (Lipinski definition) is 1. The fourth-order valence-corrected chi connectivity index (χ4v) is 2.11. The number of nitro benzene ring substituents is 1. The molecule has 1 amide bonds. The number of rotatable bonds is 4. The summed E-state index contributed by atoms with van der Waals surface area (Å²) in [6.45, 7) is 2.18. The van der Waals surface area contributed by atoms with E-state index in [1.807, 2.05) is 19.1 Å². The number of pyridine rings is 1. The van der Waals surface area contributed by atoms with E-state index in [9.17, 15) is 14.9 Å². The number of carbonyl (C=O) groups is 1. The Balaban J connectivity index is 2.11. The number of aryl methyl sites for hydroxylation is 1. The molecule has 2 rings (SSSR count). The second-order valence-electron chi connectivity index (χ2n) is 4.41. The molecule has 0 aliphatic rings. The van der Waals surface area contributed by atoms with Crippen LogP contribution < -0.4 is 5.32 Å². The van der Waals surface area contributed by atoms with Gasteiger partial charge in [-0.2, -0.15) is 0 Å². The molecule has 0 fully saturated rings. The zero-order chi connectivity index (χ0) is 15.4. The monoisotopic (exact) mass is 349 g/mol. The van der Waals surface area contributed by atoms with Crippen molar-refractivity contribution in [3.8, 4) is 0 Å². The Bertz CT molecular complexity index is 686. The van der Waals surface area contributed by atoms with Crippen molar-refractivity contribution in [2.24, 2.45) is 0 Å². The minimum Gasteiger partial charge on any atom is -0.348 e. The summed E-state index contributed by atoms with van der Waals surface area (Å²) in [6.07, 6.45) is 1.68. The van der Waals surface area contributed by atoms with E-state index >= 15 is 0 Å². The number of nitro groups is 1. The standard InChI is InChI=1S/C14H12BrN3O3/c1-9-2-3-10(7-16-9)8-17-14(19)12-6-11(18(20)21)4-5-13(12)15/h2-7H,8H2,1H3,(H,17,19). The number of hydrogen-bond acceptors (Lipinski definition) is 4. The molecule has 0 aliphatic carbocycles. The Labute approximate surface area is 129 Å². The highest BCUT2D eigenvalue weighted by atomic mass is 79.9. The molecule has 0 bridgehead atoms. The van der Waals surface area contributed by atoms with E-state index in [0.29, 0.717) is 11.0 Å². The Morgan fingerprint density at radius 1 is 1.38 bits per heavy atom. The van der Waals surface area contributed by atoms with Crippen LogP contribution in [0.4, 0.5) is 5.69 Å². The van der Waals surface area contributed by atoms with Gasteiger partial charge >= 0.3 is 0 Å². The van der Waals surface area contributed by atoms with Crippen LogP contribution in [-0.2, 0) is 6.54 Å². The average molecular weight is 350 g/mol. The van der Waals surface area contributed by atoms with Gasteiger partial charge in [-0.25, -0.2) is 0 Å².